The van der Waals surface area contributed by atoms with Gasteiger partial charge >= 0.3 is 6.18 Å². The number of hydrogen-bond donors (Lipinski definition) is 3. The maximum absolute atomic E-state index is 13.1. The molecule has 0 amide bonds. The van der Waals surface area contributed by atoms with E-state index in [9.17, 15) is 13.2 Å². The van der Waals surface area contributed by atoms with Crippen LogP contribution in [0.5, 0.6) is 0 Å². The Morgan fingerprint density at radius 2 is 1.67 bits per heavy atom. The van der Waals surface area contributed by atoms with E-state index in [1.54, 1.807) is 0 Å². The SMILES string of the molecule is Nc1cc(N)c(CCO)c(-c2ccccc2C(F)(F)F)c1. The van der Waals surface area contributed by atoms with Crippen LogP contribution >= 0.6 is 0 Å². The number of halogens is 3. The molecule has 0 saturated carbocycles. The lowest BCUT2D eigenvalue weighted by atomic mass is 9.92. The molecule has 112 valence electrons. The van der Waals surface area contributed by atoms with Crippen molar-refractivity contribution in [3.8, 4) is 11.1 Å². The number of aliphatic hydroxyl groups is 1. The Labute approximate surface area is 120 Å². The van der Waals surface area contributed by atoms with Crippen molar-refractivity contribution >= 4 is 11.4 Å². The molecule has 0 aliphatic carbocycles. The molecule has 0 radical (unpaired) electrons. The van der Waals surface area contributed by atoms with Crippen molar-refractivity contribution in [3.05, 3.63) is 47.5 Å². The Bertz CT molecular complexity index is 654. The van der Waals surface area contributed by atoms with Gasteiger partial charge in [-0.15, -0.1) is 0 Å². The van der Waals surface area contributed by atoms with Gasteiger partial charge in [0.2, 0.25) is 0 Å². The first-order valence-electron chi connectivity index (χ1n) is 6.30. The van der Waals surface area contributed by atoms with Gasteiger partial charge in [0.15, 0.2) is 0 Å². The first-order chi connectivity index (χ1) is 9.84. The molecule has 0 unspecified atom stereocenters. The lowest BCUT2D eigenvalue weighted by molar-refractivity contribution is -0.137. The van der Waals surface area contributed by atoms with E-state index in [-0.39, 0.29) is 30.0 Å². The van der Waals surface area contributed by atoms with Crippen molar-refractivity contribution < 1.29 is 18.3 Å². The molecule has 2 rings (SSSR count). The molecule has 0 heterocycles. The van der Waals surface area contributed by atoms with Crippen LogP contribution in [0, 0.1) is 0 Å². The molecule has 0 aromatic heterocycles. The average molecular weight is 296 g/mol. The summed E-state index contributed by atoms with van der Waals surface area (Å²) in [5.74, 6) is 0. The Morgan fingerprint density at radius 1 is 1.00 bits per heavy atom. The number of aliphatic hydroxyl groups excluding tert-OH is 1. The molecule has 2 aromatic rings. The fourth-order valence-electron chi connectivity index (χ4n) is 2.31. The summed E-state index contributed by atoms with van der Waals surface area (Å²) >= 11 is 0. The Balaban J connectivity index is 2.73. The summed E-state index contributed by atoms with van der Waals surface area (Å²) in [6.07, 6.45) is -4.32. The van der Waals surface area contributed by atoms with Crippen molar-refractivity contribution in [3.63, 3.8) is 0 Å². The van der Waals surface area contributed by atoms with E-state index in [4.69, 9.17) is 16.6 Å². The van der Waals surface area contributed by atoms with Crippen LogP contribution in [0.2, 0.25) is 0 Å². The number of nitrogens with two attached hydrogens (primary N) is 2. The molecule has 6 heteroatoms. The summed E-state index contributed by atoms with van der Waals surface area (Å²) in [5, 5.41) is 9.10. The quantitative estimate of drug-likeness (QED) is 0.762. The van der Waals surface area contributed by atoms with Crippen LogP contribution in [0.4, 0.5) is 24.5 Å². The first kappa shape index (κ1) is 15.2. The van der Waals surface area contributed by atoms with Crippen LogP contribution in [0.3, 0.4) is 0 Å². The third-order valence-corrected chi connectivity index (χ3v) is 3.19. The Morgan fingerprint density at radius 3 is 2.29 bits per heavy atom. The van der Waals surface area contributed by atoms with E-state index >= 15 is 0 Å². The highest BCUT2D eigenvalue weighted by atomic mass is 19.4. The third kappa shape index (κ3) is 3.11. The molecule has 0 atom stereocenters. The summed E-state index contributed by atoms with van der Waals surface area (Å²) in [6.45, 7) is -0.213. The van der Waals surface area contributed by atoms with Crippen LogP contribution in [0.25, 0.3) is 11.1 Å². The van der Waals surface area contributed by atoms with Gasteiger partial charge in [-0.1, -0.05) is 18.2 Å². The number of anilines is 2. The van der Waals surface area contributed by atoms with Crippen LogP contribution in [-0.4, -0.2) is 11.7 Å². The Hall–Kier alpha value is -2.21. The lowest BCUT2D eigenvalue weighted by Gasteiger charge is -2.17. The monoisotopic (exact) mass is 296 g/mol. The van der Waals surface area contributed by atoms with Crippen molar-refractivity contribution in [1.82, 2.24) is 0 Å². The van der Waals surface area contributed by atoms with Crippen molar-refractivity contribution in [2.45, 2.75) is 12.6 Å². The molecule has 21 heavy (non-hydrogen) atoms. The number of alkyl halides is 3. The summed E-state index contributed by atoms with van der Waals surface area (Å²) < 4.78 is 39.4. The fraction of sp³-hybridized carbons (Fsp3) is 0.200. The van der Waals surface area contributed by atoms with Gasteiger partial charge in [0.1, 0.15) is 0 Å². The standard InChI is InChI=1S/C15H15F3N2O/c16-15(17,18)13-4-2-1-3-10(13)12-7-9(19)8-14(20)11(12)5-6-21/h1-4,7-8,21H,5-6,19-20H2. The molecule has 2 aromatic carbocycles. The van der Waals surface area contributed by atoms with Gasteiger partial charge in [-0.25, -0.2) is 0 Å². The van der Waals surface area contributed by atoms with Gasteiger partial charge in [0, 0.05) is 18.0 Å². The number of hydrogen-bond acceptors (Lipinski definition) is 3. The van der Waals surface area contributed by atoms with Crippen molar-refractivity contribution in [2.24, 2.45) is 0 Å². The zero-order valence-electron chi connectivity index (χ0n) is 11.1. The normalized spacial score (nSPS) is 11.6. The van der Waals surface area contributed by atoms with Gasteiger partial charge < -0.3 is 16.6 Å². The lowest BCUT2D eigenvalue weighted by Crippen LogP contribution is -2.09. The van der Waals surface area contributed by atoms with Crippen LogP contribution < -0.4 is 11.5 Å². The van der Waals surface area contributed by atoms with E-state index in [1.807, 2.05) is 0 Å². The van der Waals surface area contributed by atoms with Gasteiger partial charge in [-0.05, 0) is 41.3 Å². The molecule has 0 aliphatic heterocycles. The highest BCUT2D eigenvalue weighted by Gasteiger charge is 2.33. The highest BCUT2D eigenvalue weighted by Crippen LogP contribution is 2.40. The van der Waals surface area contributed by atoms with E-state index < -0.39 is 11.7 Å². The number of benzene rings is 2. The predicted octanol–water partition coefficient (Wildman–Crippen LogP) is 3.07. The van der Waals surface area contributed by atoms with E-state index in [0.29, 0.717) is 11.1 Å². The second kappa shape index (κ2) is 5.65. The van der Waals surface area contributed by atoms with Crippen LogP contribution in [-0.2, 0) is 12.6 Å². The van der Waals surface area contributed by atoms with Gasteiger partial charge in [0.05, 0.1) is 5.56 Å². The van der Waals surface area contributed by atoms with Gasteiger partial charge in [0.25, 0.3) is 0 Å². The molecule has 0 saturated heterocycles. The molecule has 0 bridgehead atoms. The van der Waals surface area contributed by atoms with Crippen molar-refractivity contribution in [2.75, 3.05) is 18.1 Å². The van der Waals surface area contributed by atoms with E-state index in [2.05, 4.69) is 0 Å². The molecular weight excluding hydrogens is 281 g/mol. The molecule has 3 nitrogen and oxygen atoms in total. The topological polar surface area (TPSA) is 72.3 Å². The van der Waals surface area contributed by atoms with Gasteiger partial charge in [-0.3, -0.25) is 0 Å². The fourth-order valence-corrected chi connectivity index (χ4v) is 2.31. The maximum atomic E-state index is 13.1. The van der Waals surface area contributed by atoms with Crippen molar-refractivity contribution in [1.29, 1.82) is 0 Å². The van der Waals surface area contributed by atoms with E-state index in [0.717, 1.165) is 6.07 Å². The molecule has 0 spiro atoms. The molecule has 5 N–H and O–H groups in total. The second-order valence-corrected chi connectivity index (χ2v) is 4.65. The average Bonchev–Trinajstić information content (AvgIpc) is 2.40. The minimum atomic E-state index is -4.48. The third-order valence-electron chi connectivity index (χ3n) is 3.19. The summed E-state index contributed by atoms with van der Waals surface area (Å²) in [5.41, 5.74) is 12.1. The predicted molar refractivity (Wildman–Crippen MR) is 76.5 cm³/mol. The highest BCUT2D eigenvalue weighted by molar-refractivity contribution is 5.79. The maximum Gasteiger partial charge on any atom is 0.417 e. The zero-order valence-corrected chi connectivity index (χ0v) is 11.1. The van der Waals surface area contributed by atoms with Gasteiger partial charge in [-0.2, -0.15) is 13.2 Å². The summed E-state index contributed by atoms with van der Waals surface area (Å²) in [6, 6.07) is 8.16. The van der Waals surface area contributed by atoms with Crippen LogP contribution in [0.15, 0.2) is 36.4 Å². The number of rotatable bonds is 3. The largest absolute Gasteiger partial charge is 0.417 e. The zero-order chi connectivity index (χ0) is 15.6. The number of nitrogen functional groups attached to an aromatic ring is 2. The van der Waals surface area contributed by atoms with E-state index in [1.165, 1.54) is 30.3 Å². The minimum Gasteiger partial charge on any atom is -0.399 e. The first-order valence-corrected chi connectivity index (χ1v) is 6.30. The summed E-state index contributed by atoms with van der Waals surface area (Å²) in [4.78, 5) is 0. The smallest absolute Gasteiger partial charge is 0.399 e. The molecular formula is C15H15F3N2O. The molecule has 0 aliphatic rings. The second-order valence-electron chi connectivity index (χ2n) is 4.65. The minimum absolute atomic E-state index is 0.00690. The van der Waals surface area contributed by atoms with Crippen LogP contribution in [0.1, 0.15) is 11.1 Å². The summed E-state index contributed by atoms with van der Waals surface area (Å²) in [7, 11) is 0. The molecule has 0 fully saturated rings. The Kier molecular flexibility index (Phi) is 4.09.